The van der Waals surface area contributed by atoms with Gasteiger partial charge in [0.25, 0.3) is 5.91 Å². The molecule has 2 atom stereocenters. The van der Waals surface area contributed by atoms with Gasteiger partial charge in [0.05, 0.1) is 38.2 Å². The highest BCUT2D eigenvalue weighted by Crippen LogP contribution is 2.41. The number of methoxy groups -OCH3 is 2. The highest BCUT2D eigenvalue weighted by Gasteiger charge is 2.49. The molecule has 2 aromatic carbocycles. The summed E-state index contributed by atoms with van der Waals surface area (Å²) in [5.41, 5.74) is 2.72. The third-order valence-corrected chi connectivity index (χ3v) is 8.61. The SMILES string of the molecule is COc1ccc(CC(=O)N=C2S[C@@H]3CS(=O)(=O)C[C@@H]3N2c2ccc(C)cc2)cc1OC. The summed E-state index contributed by atoms with van der Waals surface area (Å²) in [5.74, 6) is 1.02. The first-order valence-corrected chi connectivity index (χ1v) is 12.5. The van der Waals surface area contributed by atoms with E-state index in [1.54, 1.807) is 32.4 Å². The van der Waals surface area contributed by atoms with Crippen LogP contribution in [0.3, 0.4) is 0 Å². The van der Waals surface area contributed by atoms with Crippen molar-refractivity contribution in [3.63, 3.8) is 0 Å². The summed E-state index contributed by atoms with van der Waals surface area (Å²) in [7, 11) is 0.00742. The molecule has 9 heteroatoms. The van der Waals surface area contributed by atoms with E-state index < -0.39 is 9.84 Å². The summed E-state index contributed by atoms with van der Waals surface area (Å²) in [6, 6.07) is 12.9. The largest absolute Gasteiger partial charge is 0.493 e. The monoisotopic (exact) mass is 460 g/mol. The van der Waals surface area contributed by atoms with Crippen molar-refractivity contribution >= 4 is 38.4 Å². The number of benzene rings is 2. The van der Waals surface area contributed by atoms with Crippen molar-refractivity contribution in [1.29, 1.82) is 0 Å². The van der Waals surface area contributed by atoms with Crippen LogP contribution >= 0.6 is 11.8 Å². The Hall–Kier alpha value is -2.52. The number of aryl methyl sites for hydroxylation is 1. The van der Waals surface area contributed by atoms with E-state index in [0.717, 1.165) is 16.8 Å². The predicted molar refractivity (Wildman–Crippen MR) is 123 cm³/mol. The summed E-state index contributed by atoms with van der Waals surface area (Å²) in [6.45, 7) is 1.99. The molecule has 2 fully saturated rings. The zero-order valence-corrected chi connectivity index (χ0v) is 19.2. The standard InChI is InChI=1S/C22H24N2O5S2/c1-14-4-7-16(8-5-14)24-17-12-31(26,27)13-20(17)30-22(24)23-21(25)11-15-6-9-18(28-2)19(10-15)29-3/h4-10,17,20H,11-13H2,1-3H3/t17-,20+/m0/s1. The van der Waals surface area contributed by atoms with Gasteiger partial charge in [0.1, 0.15) is 0 Å². The van der Waals surface area contributed by atoms with Gasteiger partial charge >= 0.3 is 0 Å². The third-order valence-electron chi connectivity index (χ3n) is 5.40. The molecule has 31 heavy (non-hydrogen) atoms. The van der Waals surface area contributed by atoms with Crippen LogP contribution in [0.1, 0.15) is 11.1 Å². The molecule has 164 valence electrons. The molecule has 0 bridgehead atoms. The van der Waals surface area contributed by atoms with Gasteiger partial charge in [-0.15, -0.1) is 0 Å². The predicted octanol–water partition coefficient (Wildman–Crippen LogP) is 2.86. The molecule has 2 heterocycles. The Morgan fingerprint density at radius 3 is 2.48 bits per heavy atom. The highest BCUT2D eigenvalue weighted by molar-refractivity contribution is 8.16. The first-order valence-electron chi connectivity index (χ1n) is 9.85. The normalized spacial score (nSPS) is 23.1. The molecule has 7 nitrogen and oxygen atoms in total. The number of fused-ring (bicyclic) bond motifs is 1. The number of anilines is 1. The van der Waals surface area contributed by atoms with Crippen LogP contribution in [0, 0.1) is 6.92 Å². The maximum absolute atomic E-state index is 12.8. The van der Waals surface area contributed by atoms with Crippen molar-refractivity contribution in [2.75, 3.05) is 30.6 Å². The van der Waals surface area contributed by atoms with Gasteiger partial charge in [0.15, 0.2) is 26.5 Å². The molecular formula is C22H24N2O5S2. The van der Waals surface area contributed by atoms with E-state index in [1.807, 2.05) is 36.1 Å². The number of amidine groups is 1. The number of amides is 1. The van der Waals surface area contributed by atoms with Gasteiger partial charge in [-0.25, -0.2) is 8.42 Å². The molecule has 0 unspecified atom stereocenters. The summed E-state index contributed by atoms with van der Waals surface area (Å²) < 4.78 is 34.9. The molecular weight excluding hydrogens is 436 g/mol. The minimum atomic E-state index is -3.10. The lowest BCUT2D eigenvalue weighted by atomic mass is 10.1. The van der Waals surface area contributed by atoms with Crippen LogP contribution < -0.4 is 14.4 Å². The number of nitrogens with zero attached hydrogens (tertiary/aromatic N) is 2. The van der Waals surface area contributed by atoms with Crippen molar-refractivity contribution in [3.05, 3.63) is 53.6 Å². The van der Waals surface area contributed by atoms with Gasteiger partial charge in [0, 0.05) is 10.9 Å². The molecule has 2 aromatic rings. The highest BCUT2D eigenvalue weighted by atomic mass is 32.2. The molecule has 0 radical (unpaired) electrons. The Kier molecular flexibility index (Phi) is 5.98. The molecule has 0 aliphatic carbocycles. The fraction of sp³-hybridized carbons (Fsp3) is 0.364. The van der Waals surface area contributed by atoms with Crippen molar-refractivity contribution < 1.29 is 22.7 Å². The number of carbonyl (C=O) groups is 1. The molecule has 0 aromatic heterocycles. The zero-order chi connectivity index (χ0) is 22.2. The zero-order valence-electron chi connectivity index (χ0n) is 17.6. The summed E-state index contributed by atoms with van der Waals surface area (Å²) in [6.07, 6.45) is 0.111. The Balaban J connectivity index is 1.60. The van der Waals surface area contributed by atoms with E-state index in [-0.39, 0.29) is 35.1 Å². The fourth-order valence-corrected chi connectivity index (χ4v) is 7.81. The van der Waals surface area contributed by atoms with Gasteiger partial charge in [0.2, 0.25) is 0 Å². The lowest BCUT2D eigenvalue weighted by molar-refractivity contribution is -0.117. The number of sulfone groups is 1. The van der Waals surface area contributed by atoms with E-state index in [9.17, 15) is 13.2 Å². The minimum Gasteiger partial charge on any atom is -0.493 e. The van der Waals surface area contributed by atoms with Crippen LogP contribution in [0.4, 0.5) is 5.69 Å². The Bertz CT molecular complexity index is 1130. The minimum absolute atomic E-state index is 0.0709. The average Bonchev–Trinajstić information content (AvgIpc) is 3.19. The van der Waals surface area contributed by atoms with Crippen LogP contribution in [-0.4, -0.2) is 56.5 Å². The van der Waals surface area contributed by atoms with Gasteiger partial charge < -0.3 is 14.4 Å². The smallest absolute Gasteiger partial charge is 0.252 e. The van der Waals surface area contributed by atoms with E-state index in [1.165, 1.54) is 11.8 Å². The van der Waals surface area contributed by atoms with Crippen molar-refractivity contribution in [3.8, 4) is 11.5 Å². The number of hydrogen-bond donors (Lipinski definition) is 0. The molecule has 0 spiro atoms. The maximum Gasteiger partial charge on any atom is 0.252 e. The second-order valence-corrected chi connectivity index (χ2v) is 11.0. The maximum atomic E-state index is 12.8. The fourth-order valence-electron chi connectivity index (χ4n) is 3.88. The number of hydrogen-bond acceptors (Lipinski definition) is 6. The number of thioether (sulfide) groups is 1. The number of ether oxygens (including phenoxy) is 2. The van der Waals surface area contributed by atoms with Crippen molar-refractivity contribution in [2.24, 2.45) is 4.99 Å². The molecule has 2 aliphatic rings. The molecule has 1 amide bonds. The second kappa shape index (κ2) is 8.55. The average molecular weight is 461 g/mol. The van der Waals surface area contributed by atoms with Gasteiger partial charge in [-0.05, 0) is 36.8 Å². The summed E-state index contributed by atoms with van der Waals surface area (Å²) in [5, 5.41) is 0.429. The number of carbonyl (C=O) groups excluding carboxylic acids is 1. The van der Waals surface area contributed by atoms with Gasteiger partial charge in [-0.3, -0.25) is 4.79 Å². The van der Waals surface area contributed by atoms with E-state index in [2.05, 4.69) is 4.99 Å². The molecule has 2 aliphatic heterocycles. The van der Waals surface area contributed by atoms with Crippen LogP contribution in [-0.2, 0) is 21.1 Å². The Labute approximate surface area is 186 Å². The van der Waals surface area contributed by atoms with Crippen LogP contribution in [0.25, 0.3) is 0 Å². The lowest BCUT2D eigenvalue weighted by Gasteiger charge is -2.24. The van der Waals surface area contributed by atoms with Gasteiger partial charge in [-0.1, -0.05) is 35.5 Å². The summed E-state index contributed by atoms with van der Waals surface area (Å²) in [4.78, 5) is 19.1. The Morgan fingerprint density at radius 1 is 1.10 bits per heavy atom. The van der Waals surface area contributed by atoms with Crippen LogP contribution in [0.2, 0.25) is 0 Å². The molecule has 2 saturated heterocycles. The summed E-state index contributed by atoms with van der Waals surface area (Å²) >= 11 is 1.37. The third kappa shape index (κ3) is 4.57. The van der Waals surface area contributed by atoms with Gasteiger partial charge in [-0.2, -0.15) is 4.99 Å². The van der Waals surface area contributed by atoms with E-state index in [4.69, 9.17) is 9.47 Å². The quantitative estimate of drug-likeness (QED) is 0.678. The first kappa shape index (κ1) is 21.7. The van der Waals surface area contributed by atoms with E-state index >= 15 is 0 Å². The molecule has 4 rings (SSSR count). The second-order valence-electron chi connectivity index (χ2n) is 7.66. The molecule has 0 N–H and O–H groups in total. The lowest BCUT2D eigenvalue weighted by Crippen LogP contribution is -2.37. The number of aliphatic imine (C=N–C) groups is 1. The van der Waals surface area contributed by atoms with Crippen molar-refractivity contribution in [1.82, 2.24) is 0 Å². The first-order chi connectivity index (χ1) is 14.8. The van der Waals surface area contributed by atoms with E-state index in [0.29, 0.717) is 16.7 Å². The van der Waals surface area contributed by atoms with Crippen molar-refractivity contribution in [2.45, 2.75) is 24.6 Å². The molecule has 0 saturated carbocycles. The Morgan fingerprint density at radius 2 is 1.81 bits per heavy atom. The van der Waals surface area contributed by atoms with Crippen LogP contribution in [0.5, 0.6) is 11.5 Å². The topological polar surface area (TPSA) is 85.3 Å². The number of rotatable bonds is 5. The van der Waals surface area contributed by atoms with Crippen LogP contribution in [0.15, 0.2) is 47.5 Å².